The summed E-state index contributed by atoms with van der Waals surface area (Å²) in [5.41, 5.74) is 1.40. The van der Waals surface area contributed by atoms with Gasteiger partial charge in [0.25, 0.3) is 0 Å². The summed E-state index contributed by atoms with van der Waals surface area (Å²) in [6.45, 7) is 8.02. The number of hydrogen-bond acceptors (Lipinski definition) is 4. The summed E-state index contributed by atoms with van der Waals surface area (Å²) >= 11 is 7.51. The predicted molar refractivity (Wildman–Crippen MR) is 113 cm³/mol. The minimum absolute atomic E-state index is 0.209. The zero-order valence-electron chi connectivity index (χ0n) is 16.4. The maximum absolute atomic E-state index is 12.6. The standard InChI is InChI=1S/C22H23ClN2O2S/c1-15-20(28-18-12-10-17(23)11-13-18)21(25(24-15)22(2,3)4)27-19(26)14-16-8-6-5-7-9-16/h5-13H,14H2,1-4H3. The normalized spacial score (nSPS) is 11.5. The zero-order valence-corrected chi connectivity index (χ0v) is 18.0. The van der Waals surface area contributed by atoms with Crippen LogP contribution in [0.4, 0.5) is 0 Å². The van der Waals surface area contributed by atoms with E-state index in [1.54, 1.807) is 4.68 Å². The Kier molecular flexibility index (Phi) is 6.16. The first-order valence-electron chi connectivity index (χ1n) is 9.02. The largest absolute Gasteiger partial charge is 0.406 e. The lowest BCUT2D eigenvalue weighted by atomic mass is 10.1. The molecule has 0 N–H and O–H groups in total. The Morgan fingerprint density at radius 3 is 2.36 bits per heavy atom. The van der Waals surface area contributed by atoms with Crippen LogP contribution in [-0.4, -0.2) is 15.7 Å². The number of benzene rings is 2. The second-order valence-corrected chi connectivity index (χ2v) is 9.01. The van der Waals surface area contributed by atoms with Crippen LogP contribution in [0, 0.1) is 6.92 Å². The Hall–Kier alpha value is -2.24. The molecule has 0 amide bonds. The predicted octanol–water partition coefficient (Wildman–Crippen LogP) is 5.90. The van der Waals surface area contributed by atoms with Crippen molar-refractivity contribution in [2.45, 2.75) is 49.4 Å². The maximum Gasteiger partial charge on any atom is 0.317 e. The number of carbonyl (C=O) groups excluding carboxylic acids is 1. The van der Waals surface area contributed by atoms with Gasteiger partial charge in [-0.15, -0.1) is 0 Å². The van der Waals surface area contributed by atoms with Crippen LogP contribution in [0.15, 0.2) is 64.4 Å². The molecule has 2 aromatic carbocycles. The van der Waals surface area contributed by atoms with Crippen molar-refractivity contribution in [1.29, 1.82) is 0 Å². The minimum Gasteiger partial charge on any atom is -0.406 e. The van der Waals surface area contributed by atoms with Gasteiger partial charge < -0.3 is 4.74 Å². The number of aryl methyl sites for hydroxylation is 1. The van der Waals surface area contributed by atoms with Crippen molar-refractivity contribution in [2.24, 2.45) is 0 Å². The molecule has 28 heavy (non-hydrogen) atoms. The Balaban J connectivity index is 1.92. The van der Waals surface area contributed by atoms with E-state index in [2.05, 4.69) is 5.10 Å². The fourth-order valence-electron chi connectivity index (χ4n) is 2.68. The summed E-state index contributed by atoms with van der Waals surface area (Å²) in [5, 5.41) is 5.33. The molecule has 0 fully saturated rings. The fourth-order valence-corrected chi connectivity index (χ4v) is 3.72. The monoisotopic (exact) mass is 414 g/mol. The molecule has 0 radical (unpaired) electrons. The maximum atomic E-state index is 12.6. The van der Waals surface area contributed by atoms with Crippen LogP contribution >= 0.6 is 23.4 Å². The van der Waals surface area contributed by atoms with Crippen LogP contribution in [0.5, 0.6) is 5.88 Å². The molecule has 0 aliphatic heterocycles. The smallest absolute Gasteiger partial charge is 0.317 e. The van der Waals surface area contributed by atoms with E-state index in [9.17, 15) is 4.79 Å². The summed E-state index contributed by atoms with van der Waals surface area (Å²) in [6, 6.07) is 17.1. The van der Waals surface area contributed by atoms with Crippen LogP contribution in [0.25, 0.3) is 0 Å². The lowest BCUT2D eigenvalue weighted by molar-refractivity contribution is -0.134. The number of ether oxygens (including phenoxy) is 1. The molecule has 3 aromatic rings. The van der Waals surface area contributed by atoms with E-state index in [1.807, 2.05) is 82.3 Å². The van der Waals surface area contributed by atoms with Gasteiger partial charge in [0.05, 0.1) is 22.5 Å². The molecule has 0 spiro atoms. The number of hydrogen-bond donors (Lipinski definition) is 0. The molecule has 0 unspecified atom stereocenters. The minimum atomic E-state index is -0.327. The third-order valence-electron chi connectivity index (χ3n) is 4.04. The van der Waals surface area contributed by atoms with E-state index in [0.29, 0.717) is 10.9 Å². The van der Waals surface area contributed by atoms with Crippen LogP contribution in [0.3, 0.4) is 0 Å². The number of carbonyl (C=O) groups is 1. The van der Waals surface area contributed by atoms with Gasteiger partial charge in [0.1, 0.15) is 0 Å². The molecule has 0 saturated heterocycles. The van der Waals surface area contributed by atoms with E-state index >= 15 is 0 Å². The average molecular weight is 415 g/mol. The van der Waals surface area contributed by atoms with Crippen molar-refractivity contribution >= 4 is 29.3 Å². The van der Waals surface area contributed by atoms with E-state index in [1.165, 1.54) is 11.8 Å². The molecule has 0 atom stereocenters. The van der Waals surface area contributed by atoms with Crippen molar-refractivity contribution in [1.82, 2.24) is 9.78 Å². The number of esters is 1. The summed E-state index contributed by atoms with van der Waals surface area (Å²) in [7, 11) is 0. The Morgan fingerprint density at radius 1 is 1.11 bits per heavy atom. The number of halogens is 1. The number of aromatic nitrogens is 2. The third kappa shape index (κ3) is 4.97. The van der Waals surface area contributed by atoms with Crippen molar-refractivity contribution in [3.05, 3.63) is 70.9 Å². The van der Waals surface area contributed by atoms with Gasteiger partial charge in [0.15, 0.2) is 0 Å². The molecule has 1 heterocycles. The molecule has 0 saturated carbocycles. The SMILES string of the molecule is Cc1nn(C(C)(C)C)c(OC(=O)Cc2ccccc2)c1Sc1ccc(Cl)cc1. The highest BCUT2D eigenvalue weighted by Gasteiger charge is 2.27. The van der Waals surface area contributed by atoms with Gasteiger partial charge in [-0.3, -0.25) is 4.79 Å². The third-order valence-corrected chi connectivity index (χ3v) is 5.47. The Morgan fingerprint density at radius 2 is 1.75 bits per heavy atom. The quantitative estimate of drug-likeness (QED) is 0.487. The van der Waals surface area contributed by atoms with Gasteiger partial charge in [-0.25, -0.2) is 4.68 Å². The fraction of sp³-hybridized carbons (Fsp3) is 0.273. The van der Waals surface area contributed by atoms with Gasteiger partial charge >= 0.3 is 5.97 Å². The van der Waals surface area contributed by atoms with E-state index < -0.39 is 0 Å². The number of rotatable bonds is 5. The van der Waals surface area contributed by atoms with Gasteiger partial charge in [0, 0.05) is 9.92 Å². The topological polar surface area (TPSA) is 44.1 Å². The highest BCUT2D eigenvalue weighted by atomic mass is 35.5. The first-order chi connectivity index (χ1) is 13.2. The van der Waals surface area contributed by atoms with Crippen molar-refractivity contribution < 1.29 is 9.53 Å². The number of nitrogens with zero attached hydrogens (tertiary/aromatic N) is 2. The second kappa shape index (κ2) is 8.41. The average Bonchev–Trinajstić information content (AvgIpc) is 2.94. The highest BCUT2D eigenvalue weighted by Crippen LogP contribution is 2.40. The highest BCUT2D eigenvalue weighted by molar-refractivity contribution is 7.99. The van der Waals surface area contributed by atoms with Gasteiger partial charge in [0.2, 0.25) is 5.88 Å². The first kappa shape index (κ1) is 20.5. The molecule has 0 bridgehead atoms. The molecule has 4 nitrogen and oxygen atoms in total. The van der Waals surface area contributed by atoms with Crippen LogP contribution in [0.1, 0.15) is 32.0 Å². The summed E-state index contributed by atoms with van der Waals surface area (Å²) in [6.07, 6.45) is 0.209. The summed E-state index contributed by atoms with van der Waals surface area (Å²) < 4.78 is 7.62. The molecular formula is C22H23ClN2O2S. The Labute approximate surface area is 174 Å². The molecule has 146 valence electrons. The van der Waals surface area contributed by atoms with Crippen LogP contribution in [-0.2, 0) is 16.8 Å². The molecule has 0 aliphatic rings. The molecule has 0 aliphatic carbocycles. The second-order valence-electron chi connectivity index (χ2n) is 7.49. The van der Waals surface area contributed by atoms with Crippen LogP contribution < -0.4 is 4.74 Å². The van der Waals surface area contributed by atoms with Crippen molar-refractivity contribution in [3.8, 4) is 5.88 Å². The van der Waals surface area contributed by atoms with Crippen LogP contribution in [0.2, 0.25) is 5.02 Å². The zero-order chi connectivity index (χ0) is 20.3. The molecule has 1 aromatic heterocycles. The first-order valence-corrected chi connectivity index (χ1v) is 10.2. The molecule has 6 heteroatoms. The van der Waals surface area contributed by atoms with Crippen molar-refractivity contribution in [3.63, 3.8) is 0 Å². The molecule has 3 rings (SSSR count). The summed E-state index contributed by atoms with van der Waals surface area (Å²) in [5.74, 6) is 0.167. The summed E-state index contributed by atoms with van der Waals surface area (Å²) in [4.78, 5) is 14.5. The van der Waals surface area contributed by atoms with Gasteiger partial charge in [-0.2, -0.15) is 5.10 Å². The lowest BCUT2D eigenvalue weighted by Crippen LogP contribution is -2.26. The Bertz CT molecular complexity index is 961. The van der Waals surface area contributed by atoms with E-state index in [-0.39, 0.29) is 17.9 Å². The van der Waals surface area contributed by atoms with E-state index in [0.717, 1.165) is 21.0 Å². The molecular weight excluding hydrogens is 392 g/mol. The van der Waals surface area contributed by atoms with Crippen molar-refractivity contribution in [2.75, 3.05) is 0 Å². The van der Waals surface area contributed by atoms with E-state index in [4.69, 9.17) is 16.3 Å². The van der Waals surface area contributed by atoms with Gasteiger partial charge in [-0.1, -0.05) is 53.7 Å². The lowest BCUT2D eigenvalue weighted by Gasteiger charge is -2.22. The van der Waals surface area contributed by atoms with Gasteiger partial charge in [-0.05, 0) is 57.5 Å².